The van der Waals surface area contributed by atoms with Gasteiger partial charge in [-0.3, -0.25) is 9.48 Å². The fourth-order valence-electron chi connectivity index (χ4n) is 5.62. The number of carbonyl (C=O) groups excluding carboxylic acids is 1. The molecule has 1 aromatic carbocycles. The van der Waals surface area contributed by atoms with Crippen molar-refractivity contribution >= 4 is 5.91 Å². The summed E-state index contributed by atoms with van der Waals surface area (Å²) in [4.78, 5) is 18.1. The van der Waals surface area contributed by atoms with Crippen LogP contribution in [0.3, 0.4) is 0 Å². The molecule has 4 aliphatic rings. The summed E-state index contributed by atoms with van der Waals surface area (Å²) in [6, 6.07) is 13.0. The molecule has 1 aromatic heterocycles. The number of rotatable bonds is 5. The van der Waals surface area contributed by atoms with Crippen molar-refractivity contribution in [1.29, 1.82) is 0 Å². The molecule has 3 atom stereocenters. The minimum Gasteiger partial charge on any atom is -0.352 e. The lowest BCUT2D eigenvalue weighted by Crippen LogP contribution is -2.70. The first kappa shape index (κ1) is 17.9. The quantitative estimate of drug-likeness (QED) is 0.850. The topological polar surface area (TPSA) is 53.4 Å². The summed E-state index contributed by atoms with van der Waals surface area (Å²) in [5, 5.41) is 7.87. The summed E-state index contributed by atoms with van der Waals surface area (Å²) in [5.41, 5.74) is 2.34. The number of aryl methyl sites for hydroxylation is 2. The maximum atomic E-state index is 12.9. The molecular weight excluding hydrogens is 350 g/mol. The van der Waals surface area contributed by atoms with Gasteiger partial charge in [-0.2, -0.15) is 5.10 Å². The van der Waals surface area contributed by atoms with Crippen LogP contribution in [0.2, 0.25) is 0 Å². The van der Waals surface area contributed by atoms with Gasteiger partial charge in [0.2, 0.25) is 5.91 Å². The first-order valence-electron chi connectivity index (χ1n) is 10.4. The van der Waals surface area contributed by atoms with Crippen molar-refractivity contribution in [2.24, 2.45) is 5.92 Å². The number of nitrogens with zero attached hydrogens (tertiary/aromatic N) is 4. The third-order valence-electron chi connectivity index (χ3n) is 6.80. The monoisotopic (exact) mass is 379 g/mol. The van der Waals surface area contributed by atoms with Gasteiger partial charge in [0.25, 0.3) is 0 Å². The van der Waals surface area contributed by atoms with E-state index in [0.717, 1.165) is 45.0 Å². The van der Waals surface area contributed by atoms with E-state index in [1.54, 1.807) is 0 Å². The molecule has 1 N–H and O–H groups in total. The van der Waals surface area contributed by atoms with E-state index in [0.29, 0.717) is 18.9 Å². The second-order valence-corrected chi connectivity index (χ2v) is 8.77. The zero-order valence-electron chi connectivity index (χ0n) is 16.6. The Bertz CT molecular complexity index is 832. The van der Waals surface area contributed by atoms with Gasteiger partial charge >= 0.3 is 0 Å². The molecule has 4 fully saturated rings. The standard InChI is InChI=1S/C22H29N5O/c1-17-7-9-27(24-17)10-8-20(28)23-21-18-13-25-11-12-26(14-18)16-22(21,15-25)19-5-3-2-4-6-19/h2-7,9,18,21H,8,10-16H2,1H3,(H,23,28)/t18?,21-,22?/m0/s1. The summed E-state index contributed by atoms with van der Waals surface area (Å²) < 4.78 is 1.86. The van der Waals surface area contributed by atoms with Crippen LogP contribution in [0.15, 0.2) is 42.6 Å². The van der Waals surface area contributed by atoms with Gasteiger partial charge in [0.1, 0.15) is 0 Å². The summed E-state index contributed by atoms with van der Waals surface area (Å²) in [6.07, 6.45) is 2.42. The van der Waals surface area contributed by atoms with E-state index in [4.69, 9.17) is 0 Å². The molecule has 6 rings (SSSR count). The molecule has 6 nitrogen and oxygen atoms in total. The molecule has 148 valence electrons. The molecular formula is C22H29N5O. The van der Waals surface area contributed by atoms with E-state index < -0.39 is 0 Å². The second kappa shape index (κ2) is 7.01. The Labute approximate surface area is 166 Å². The van der Waals surface area contributed by atoms with E-state index in [9.17, 15) is 4.79 Å². The highest BCUT2D eigenvalue weighted by atomic mass is 16.1. The van der Waals surface area contributed by atoms with Crippen molar-refractivity contribution in [3.05, 3.63) is 53.9 Å². The van der Waals surface area contributed by atoms with Crippen molar-refractivity contribution in [2.45, 2.75) is 31.3 Å². The smallest absolute Gasteiger partial charge is 0.222 e. The number of piperidine rings is 2. The van der Waals surface area contributed by atoms with E-state index in [1.165, 1.54) is 5.56 Å². The Morgan fingerprint density at radius 2 is 1.86 bits per heavy atom. The van der Waals surface area contributed by atoms with Crippen LogP contribution in [0.1, 0.15) is 17.7 Å². The van der Waals surface area contributed by atoms with Gasteiger partial charge in [-0.25, -0.2) is 0 Å². The number of aromatic nitrogens is 2. The van der Waals surface area contributed by atoms with Crippen molar-refractivity contribution < 1.29 is 4.79 Å². The molecule has 6 heteroatoms. The molecule has 5 heterocycles. The first-order chi connectivity index (χ1) is 13.6. The molecule has 0 aliphatic carbocycles. The minimum atomic E-state index is -0.0170. The SMILES string of the molecule is Cc1ccn(CCC(=O)N[C@H]2C3CN4CCN(C3)CC2(c2ccccc2)C4)n1. The third-order valence-corrected chi connectivity index (χ3v) is 6.80. The van der Waals surface area contributed by atoms with E-state index in [2.05, 4.69) is 50.5 Å². The summed E-state index contributed by atoms with van der Waals surface area (Å²) in [5.74, 6) is 0.630. The molecule has 4 aliphatic heterocycles. The average Bonchev–Trinajstić information content (AvgIpc) is 2.95. The summed E-state index contributed by atoms with van der Waals surface area (Å²) >= 11 is 0. The normalized spacial score (nSPS) is 33.6. The van der Waals surface area contributed by atoms with Gasteiger partial charge in [0, 0.05) is 75.8 Å². The fourth-order valence-corrected chi connectivity index (χ4v) is 5.62. The second-order valence-electron chi connectivity index (χ2n) is 8.77. The third kappa shape index (κ3) is 3.14. The van der Waals surface area contributed by atoms with E-state index in [-0.39, 0.29) is 17.4 Å². The maximum Gasteiger partial charge on any atom is 0.222 e. The molecule has 2 aromatic rings. The van der Waals surface area contributed by atoms with Gasteiger partial charge in [-0.15, -0.1) is 0 Å². The van der Waals surface area contributed by atoms with Crippen LogP contribution in [-0.4, -0.2) is 70.8 Å². The highest BCUT2D eigenvalue weighted by Gasteiger charge is 2.55. The maximum absolute atomic E-state index is 12.9. The predicted molar refractivity (Wildman–Crippen MR) is 108 cm³/mol. The number of hydrogen-bond donors (Lipinski definition) is 1. The zero-order chi connectivity index (χ0) is 19.1. The molecule has 0 spiro atoms. The van der Waals surface area contributed by atoms with Crippen LogP contribution in [0.5, 0.6) is 0 Å². The van der Waals surface area contributed by atoms with Crippen LogP contribution in [0.4, 0.5) is 0 Å². The lowest BCUT2D eigenvalue weighted by Gasteiger charge is -2.55. The number of benzene rings is 1. The predicted octanol–water partition coefficient (Wildman–Crippen LogP) is 1.27. The number of amides is 1. The Balaban J connectivity index is 1.38. The number of carbonyl (C=O) groups is 1. The largest absolute Gasteiger partial charge is 0.352 e. The average molecular weight is 380 g/mol. The molecule has 0 saturated carbocycles. The number of nitrogens with one attached hydrogen (secondary N) is 1. The molecule has 4 saturated heterocycles. The molecule has 4 bridgehead atoms. The Morgan fingerprint density at radius 1 is 1.14 bits per heavy atom. The van der Waals surface area contributed by atoms with Gasteiger partial charge < -0.3 is 15.1 Å². The van der Waals surface area contributed by atoms with Crippen molar-refractivity contribution in [1.82, 2.24) is 24.9 Å². The molecule has 2 unspecified atom stereocenters. The van der Waals surface area contributed by atoms with Crippen LogP contribution in [0, 0.1) is 12.8 Å². The molecule has 28 heavy (non-hydrogen) atoms. The molecule has 0 radical (unpaired) electrons. The van der Waals surface area contributed by atoms with Crippen LogP contribution in [0.25, 0.3) is 0 Å². The van der Waals surface area contributed by atoms with Crippen LogP contribution in [-0.2, 0) is 16.8 Å². The van der Waals surface area contributed by atoms with E-state index in [1.807, 2.05) is 23.9 Å². The fraction of sp³-hybridized carbons (Fsp3) is 0.545. The summed E-state index contributed by atoms with van der Waals surface area (Å²) in [6.45, 7) is 9.15. The van der Waals surface area contributed by atoms with Gasteiger partial charge in [0.05, 0.1) is 5.69 Å². The van der Waals surface area contributed by atoms with Gasteiger partial charge in [-0.05, 0) is 18.6 Å². The van der Waals surface area contributed by atoms with E-state index >= 15 is 0 Å². The zero-order valence-corrected chi connectivity index (χ0v) is 16.6. The minimum absolute atomic E-state index is 0.0170. The van der Waals surface area contributed by atoms with Crippen LogP contribution < -0.4 is 5.32 Å². The van der Waals surface area contributed by atoms with Gasteiger partial charge in [-0.1, -0.05) is 30.3 Å². The van der Waals surface area contributed by atoms with Crippen molar-refractivity contribution in [2.75, 3.05) is 39.3 Å². The molecule has 1 amide bonds. The highest BCUT2D eigenvalue weighted by molar-refractivity contribution is 5.76. The Hall–Kier alpha value is -2.18. The van der Waals surface area contributed by atoms with Crippen LogP contribution >= 0.6 is 0 Å². The summed E-state index contributed by atoms with van der Waals surface area (Å²) in [7, 11) is 0. The highest BCUT2D eigenvalue weighted by Crippen LogP contribution is 2.43. The first-order valence-corrected chi connectivity index (χ1v) is 10.4. The number of fused-ring (bicyclic) bond motifs is 1. The Morgan fingerprint density at radius 3 is 2.50 bits per heavy atom. The number of hydrogen-bond acceptors (Lipinski definition) is 4. The lowest BCUT2D eigenvalue weighted by molar-refractivity contribution is -0.124. The van der Waals surface area contributed by atoms with Crippen molar-refractivity contribution in [3.63, 3.8) is 0 Å². The van der Waals surface area contributed by atoms with Gasteiger partial charge in [0.15, 0.2) is 0 Å². The lowest BCUT2D eigenvalue weighted by atomic mass is 9.64. The Kier molecular flexibility index (Phi) is 4.48. The van der Waals surface area contributed by atoms with Crippen molar-refractivity contribution in [3.8, 4) is 0 Å².